The first-order valence-electron chi connectivity index (χ1n) is 8.10. The van der Waals surface area contributed by atoms with Crippen LogP contribution in [0.25, 0.3) is 0 Å². The van der Waals surface area contributed by atoms with Gasteiger partial charge in [0.15, 0.2) is 0 Å². The molecule has 1 aromatic rings. The van der Waals surface area contributed by atoms with Crippen LogP contribution in [0.15, 0.2) is 24.3 Å². The number of hydrogen-bond donors (Lipinski definition) is 2. The molecule has 3 nitrogen and oxygen atoms in total. The van der Waals surface area contributed by atoms with E-state index in [9.17, 15) is 4.79 Å². The van der Waals surface area contributed by atoms with E-state index in [0.29, 0.717) is 5.92 Å². The van der Waals surface area contributed by atoms with Crippen molar-refractivity contribution in [3.63, 3.8) is 0 Å². The van der Waals surface area contributed by atoms with Crippen molar-refractivity contribution in [2.75, 3.05) is 0 Å². The zero-order chi connectivity index (χ0) is 15.4. The number of nitrogens with two attached hydrogens (primary N) is 1. The van der Waals surface area contributed by atoms with Gasteiger partial charge in [-0.2, -0.15) is 0 Å². The van der Waals surface area contributed by atoms with Gasteiger partial charge in [0.1, 0.15) is 0 Å². The Labute approximate surface area is 128 Å². The average molecular weight is 288 g/mol. The highest BCUT2D eigenvalue weighted by Gasteiger charge is 2.30. The average Bonchev–Trinajstić information content (AvgIpc) is 2.45. The van der Waals surface area contributed by atoms with Gasteiger partial charge < -0.3 is 11.1 Å². The summed E-state index contributed by atoms with van der Waals surface area (Å²) in [6, 6.07) is 7.99. The van der Waals surface area contributed by atoms with Gasteiger partial charge in [0, 0.05) is 0 Å². The number of carbonyl (C=O) groups is 1. The van der Waals surface area contributed by atoms with Crippen LogP contribution in [0.5, 0.6) is 0 Å². The van der Waals surface area contributed by atoms with Crippen molar-refractivity contribution in [3.05, 3.63) is 35.4 Å². The number of hydrogen-bond acceptors (Lipinski definition) is 2. The summed E-state index contributed by atoms with van der Waals surface area (Å²) in [6.45, 7) is 6.18. The van der Waals surface area contributed by atoms with E-state index in [2.05, 4.69) is 37.4 Å². The molecule has 0 heterocycles. The second-order valence-corrected chi connectivity index (χ2v) is 6.66. The molecule has 1 aliphatic rings. The maximum atomic E-state index is 12.1. The Balaban J connectivity index is 2.25. The van der Waals surface area contributed by atoms with Gasteiger partial charge in [-0.3, -0.25) is 4.79 Å². The lowest BCUT2D eigenvalue weighted by Gasteiger charge is -2.35. The topological polar surface area (TPSA) is 55.1 Å². The van der Waals surface area contributed by atoms with Crippen molar-refractivity contribution in [1.29, 1.82) is 0 Å². The number of aryl methyl sites for hydroxylation is 1. The minimum Gasteiger partial charge on any atom is -0.348 e. The van der Waals surface area contributed by atoms with Gasteiger partial charge in [-0.15, -0.1) is 0 Å². The molecule has 0 spiro atoms. The van der Waals surface area contributed by atoms with E-state index in [-0.39, 0.29) is 11.9 Å². The Morgan fingerprint density at radius 2 is 2.05 bits per heavy atom. The first kappa shape index (κ1) is 16.0. The minimum atomic E-state index is -0.461. The summed E-state index contributed by atoms with van der Waals surface area (Å²) in [6.07, 6.45) is 4.92. The Bertz CT molecular complexity index is 484. The van der Waals surface area contributed by atoms with Crippen molar-refractivity contribution >= 4 is 5.91 Å². The molecule has 3 heteroatoms. The highest BCUT2D eigenvalue weighted by Crippen LogP contribution is 2.38. The van der Waals surface area contributed by atoms with Gasteiger partial charge >= 0.3 is 0 Å². The van der Waals surface area contributed by atoms with Crippen molar-refractivity contribution < 1.29 is 4.79 Å². The highest BCUT2D eigenvalue weighted by molar-refractivity contribution is 5.81. The predicted octanol–water partition coefficient (Wildman–Crippen LogP) is 3.33. The zero-order valence-corrected chi connectivity index (χ0v) is 13.4. The number of nitrogens with one attached hydrogen (secondary N) is 1. The Hall–Kier alpha value is -1.35. The maximum Gasteiger partial charge on any atom is 0.237 e. The molecule has 0 aliphatic heterocycles. The normalized spacial score (nSPS) is 25.1. The van der Waals surface area contributed by atoms with Gasteiger partial charge in [0.05, 0.1) is 12.1 Å². The smallest absolute Gasteiger partial charge is 0.237 e. The number of carbonyl (C=O) groups excluding carboxylic acids is 1. The summed E-state index contributed by atoms with van der Waals surface area (Å²) in [7, 11) is 0. The molecule has 0 saturated heterocycles. The first-order chi connectivity index (χ1) is 9.99. The van der Waals surface area contributed by atoms with E-state index < -0.39 is 6.04 Å². The summed E-state index contributed by atoms with van der Waals surface area (Å²) in [5, 5.41) is 3.20. The molecular formula is C18H28N2O. The quantitative estimate of drug-likeness (QED) is 0.893. The summed E-state index contributed by atoms with van der Waals surface area (Å²) >= 11 is 0. The fraction of sp³-hybridized carbons (Fsp3) is 0.611. The van der Waals surface area contributed by atoms with E-state index >= 15 is 0 Å². The minimum absolute atomic E-state index is 0.0542. The third-order valence-electron chi connectivity index (χ3n) is 4.68. The van der Waals surface area contributed by atoms with Crippen molar-refractivity contribution in [3.8, 4) is 0 Å². The van der Waals surface area contributed by atoms with Gasteiger partial charge in [0.25, 0.3) is 0 Å². The molecule has 116 valence electrons. The summed E-state index contributed by atoms with van der Waals surface area (Å²) in [5.41, 5.74) is 8.23. The highest BCUT2D eigenvalue weighted by atomic mass is 16.2. The molecule has 1 aliphatic carbocycles. The molecular weight excluding hydrogens is 260 g/mol. The van der Waals surface area contributed by atoms with Gasteiger partial charge in [-0.25, -0.2) is 0 Å². The van der Waals surface area contributed by atoms with E-state index in [1.165, 1.54) is 36.8 Å². The third kappa shape index (κ3) is 4.07. The molecule has 4 atom stereocenters. The number of amides is 1. The van der Waals surface area contributed by atoms with E-state index in [1.54, 1.807) is 6.92 Å². The second-order valence-electron chi connectivity index (χ2n) is 6.66. The van der Waals surface area contributed by atoms with Crippen molar-refractivity contribution in [2.24, 2.45) is 17.6 Å². The lowest BCUT2D eigenvalue weighted by molar-refractivity contribution is -0.123. The van der Waals surface area contributed by atoms with Crippen LogP contribution in [0, 0.1) is 18.8 Å². The van der Waals surface area contributed by atoms with Crippen molar-refractivity contribution in [2.45, 2.75) is 58.5 Å². The summed E-state index contributed by atoms with van der Waals surface area (Å²) in [4.78, 5) is 12.1. The Morgan fingerprint density at radius 3 is 2.67 bits per heavy atom. The van der Waals surface area contributed by atoms with Crippen LogP contribution in [0.4, 0.5) is 0 Å². The number of benzene rings is 1. The van der Waals surface area contributed by atoms with Crippen molar-refractivity contribution in [1.82, 2.24) is 5.32 Å². The molecule has 1 fully saturated rings. The fourth-order valence-electron chi connectivity index (χ4n) is 3.45. The molecule has 1 aromatic carbocycles. The molecule has 3 unspecified atom stereocenters. The molecule has 0 aromatic heterocycles. The lowest BCUT2D eigenvalue weighted by Crippen LogP contribution is -2.43. The van der Waals surface area contributed by atoms with Gasteiger partial charge in [-0.05, 0) is 49.7 Å². The van der Waals surface area contributed by atoms with Crippen LogP contribution in [0.3, 0.4) is 0 Å². The van der Waals surface area contributed by atoms with Crippen LogP contribution in [-0.4, -0.2) is 11.9 Å². The van der Waals surface area contributed by atoms with Crippen LogP contribution >= 0.6 is 0 Å². The van der Waals surface area contributed by atoms with Crippen LogP contribution in [0.2, 0.25) is 0 Å². The third-order valence-corrected chi connectivity index (χ3v) is 4.68. The van der Waals surface area contributed by atoms with E-state index in [4.69, 9.17) is 5.73 Å². The molecule has 3 N–H and O–H groups in total. The van der Waals surface area contributed by atoms with Gasteiger partial charge in [0.2, 0.25) is 5.91 Å². The molecule has 0 bridgehead atoms. The van der Waals surface area contributed by atoms with E-state index in [0.717, 1.165) is 5.92 Å². The van der Waals surface area contributed by atoms with Crippen LogP contribution in [0.1, 0.15) is 56.7 Å². The molecule has 21 heavy (non-hydrogen) atoms. The zero-order valence-electron chi connectivity index (χ0n) is 13.4. The molecule has 1 amide bonds. The Morgan fingerprint density at radius 1 is 1.33 bits per heavy atom. The SMILES string of the molecule is Cc1ccccc1C(NC(=O)[C@@H](C)N)C1CCCC(C)C1. The van der Waals surface area contributed by atoms with Crippen LogP contribution < -0.4 is 11.1 Å². The largest absolute Gasteiger partial charge is 0.348 e. The van der Waals surface area contributed by atoms with Crippen LogP contribution in [-0.2, 0) is 4.79 Å². The fourth-order valence-corrected chi connectivity index (χ4v) is 3.45. The van der Waals surface area contributed by atoms with Gasteiger partial charge in [-0.1, -0.05) is 44.0 Å². The van der Waals surface area contributed by atoms with E-state index in [1.807, 2.05) is 6.07 Å². The Kier molecular flexibility index (Phi) is 5.40. The number of rotatable bonds is 4. The monoisotopic (exact) mass is 288 g/mol. The maximum absolute atomic E-state index is 12.1. The molecule has 2 rings (SSSR count). The summed E-state index contributed by atoms with van der Waals surface area (Å²) in [5.74, 6) is 1.20. The predicted molar refractivity (Wildman–Crippen MR) is 86.8 cm³/mol. The first-order valence-corrected chi connectivity index (χ1v) is 8.10. The molecule has 1 saturated carbocycles. The standard InChI is InChI=1S/C18H28N2O/c1-12-7-6-9-15(11-12)17(20-18(21)14(3)19)16-10-5-4-8-13(16)2/h4-5,8,10,12,14-15,17H,6-7,9,11,19H2,1-3H3,(H,20,21)/t12?,14-,15?,17?/m1/s1. The lowest BCUT2D eigenvalue weighted by atomic mass is 9.76. The molecule has 0 radical (unpaired) electrons. The second kappa shape index (κ2) is 7.08. The summed E-state index contributed by atoms with van der Waals surface area (Å²) < 4.78 is 0.